The van der Waals surface area contributed by atoms with Crippen molar-refractivity contribution in [3.63, 3.8) is 0 Å². The van der Waals surface area contributed by atoms with E-state index < -0.39 is 15.8 Å². The highest BCUT2D eigenvalue weighted by Gasteiger charge is 2.53. The minimum absolute atomic E-state index is 0.0526. The van der Waals surface area contributed by atoms with Gasteiger partial charge in [0.2, 0.25) is 15.9 Å². The van der Waals surface area contributed by atoms with E-state index in [1.54, 1.807) is 7.05 Å². The fourth-order valence-electron chi connectivity index (χ4n) is 4.00. The molecule has 2 fully saturated rings. The quantitative estimate of drug-likeness (QED) is 0.912. The van der Waals surface area contributed by atoms with Crippen molar-refractivity contribution in [3.05, 3.63) is 30.1 Å². The standard InChI is InChI=1S/C16H21FN2O3S/c1-18-15(20)14-10-19(11-16(14)7-2-3-8-16)23(21,22)13-6-4-5-12(17)9-13/h4-6,9,14H,2-3,7-8,10-11H2,1H3,(H,18,20). The molecule has 1 N–H and O–H groups in total. The predicted molar refractivity (Wildman–Crippen MR) is 83.6 cm³/mol. The van der Waals surface area contributed by atoms with Crippen molar-refractivity contribution in [1.82, 2.24) is 9.62 Å². The lowest BCUT2D eigenvalue weighted by Gasteiger charge is -2.28. The van der Waals surface area contributed by atoms with Crippen molar-refractivity contribution >= 4 is 15.9 Å². The first-order valence-corrected chi connectivity index (χ1v) is 9.30. The van der Waals surface area contributed by atoms with Crippen molar-refractivity contribution < 1.29 is 17.6 Å². The Bertz CT molecular complexity index is 714. The molecule has 7 heteroatoms. The number of carbonyl (C=O) groups is 1. The zero-order chi connectivity index (χ0) is 16.7. The van der Waals surface area contributed by atoms with Gasteiger partial charge in [-0.2, -0.15) is 4.31 Å². The van der Waals surface area contributed by atoms with Crippen LogP contribution in [-0.2, 0) is 14.8 Å². The summed E-state index contributed by atoms with van der Waals surface area (Å²) < 4.78 is 40.4. The van der Waals surface area contributed by atoms with Crippen molar-refractivity contribution in [2.45, 2.75) is 30.6 Å². The van der Waals surface area contributed by atoms with Crippen LogP contribution in [0.2, 0.25) is 0 Å². The van der Waals surface area contributed by atoms with Crippen molar-refractivity contribution in [3.8, 4) is 0 Å². The second-order valence-corrected chi connectivity index (χ2v) is 8.43. The fraction of sp³-hybridized carbons (Fsp3) is 0.562. The van der Waals surface area contributed by atoms with Crippen molar-refractivity contribution in [2.24, 2.45) is 11.3 Å². The van der Waals surface area contributed by atoms with Crippen LogP contribution in [-0.4, -0.2) is 38.8 Å². The molecular weight excluding hydrogens is 319 g/mol. The van der Waals surface area contributed by atoms with Crippen LogP contribution in [0.1, 0.15) is 25.7 Å². The molecule has 1 aliphatic heterocycles. The largest absolute Gasteiger partial charge is 0.359 e. The third kappa shape index (κ3) is 2.76. The lowest BCUT2D eigenvalue weighted by atomic mass is 9.76. The molecule has 2 aliphatic rings. The second kappa shape index (κ2) is 5.87. The molecule has 1 spiro atoms. The summed E-state index contributed by atoms with van der Waals surface area (Å²) >= 11 is 0. The molecule has 1 unspecified atom stereocenters. The van der Waals surface area contributed by atoms with Gasteiger partial charge < -0.3 is 5.32 Å². The first kappa shape index (κ1) is 16.4. The number of rotatable bonds is 3. The van der Waals surface area contributed by atoms with Crippen LogP contribution in [0.25, 0.3) is 0 Å². The lowest BCUT2D eigenvalue weighted by molar-refractivity contribution is -0.127. The molecule has 1 amide bonds. The maximum absolute atomic E-state index is 13.4. The lowest BCUT2D eigenvalue weighted by Crippen LogP contribution is -2.38. The van der Waals surface area contributed by atoms with Gasteiger partial charge in [-0.15, -0.1) is 0 Å². The number of amides is 1. The molecule has 1 atom stereocenters. The van der Waals surface area contributed by atoms with E-state index in [1.807, 2.05) is 0 Å². The molecule has 0 bridgehead atoms. The number of sulfonamides is 1. The normalized spacial score (nSPS) is 24.2. The monoisotopic (exact) mass is 340 g/mol. The van der Waals surface area contributed by atoms with Crippen LogP contribution in [0.4, 0.5) is 4.39 Å². The molecular formula is C16H21FN2O3S. The van der Waals surface area contributed by atoms with Gasteiger partial charge in [-0.05, 0) is 36.5 Å². The number of nitrogens with one attached hydrogen (secondary N) is 1. The summed E-state index contributed by atoms with van der Waals surface area (Å²) in [7, 11) is -2.21. The minimum atomic E-state index is -3.79. The molecule has 0 radical (unpaired) electrons. The van der Waals surface area contributed by atoms with Gasteiger partial charge in [0, 0.05) is 20.1 Å². The maximum Gasteiger partial charge on any atom is 0.243 e. The van der Waals surface area contributed by atoms with E-state index in [4.69, 9.17) is 0 Å². The third-order valence-corrected chi connectivity index (χ3v) is 7.02. The highest BCUT2D eigenvalue weighted by atomic mass is 32.2. The maximum atomic E-state index is 13.4. The molecule has 23 heavy (non-hydrogen) atoms. The van der Waals surface area contributed by atoms with Crippen LogP contribution in [0.5, 0.6) is 0 Å². The van der Waals surface area contributed by atoms with E-state index in [9.17, 15) is 17.6 Å². The van der Waals surface area contributed by atoms with Gasteiger partial charge in [0.05, 0.1) is 10.8 Å². The number of hydrogen-bond acceptors (Lipinski definition) is 3. The van der Waals surface area contributed by atoms with Gasteiger partial charge in [-0.3, -0.25) is 4.79 Å². The SMILES string of the molecule is CNC(=O)C1CN(S(=O)(=O)c2cccc(F)c2)CC12CCCC2. The van der Waals surface area contributed by atoms with Gasteiger partial charge in [-0.1, -0.05) is 18.9 Å². The van der Waals surface area contributed by atoms with E-state index >= 15 is 0 Å². The molecule has 3 rings (SSSR count). The average molecular weight is 340 g/mol. The number of carbonyl (C=O) groups excluding carboxylic acids is 1. The topological polar surface area (TPSA) is 66.5 Å². The zero-order valence-electron chi connectivity index (χ0n) is 13.1. The Hall–Kier alpha value is -1.47. The Balaban J connectivity index is 1.94. The highest BCUT2D eigenvalue weighted by Crippen LogP contribution is 2.50. The van der Waals surface area contributed by atoms with Gasteiger partial charge in [-0.25, -0.2) is 12.8 Å². The second-order valence-electron chi connectivity index (χ2n) is 6.49. The summed E-state index contributed by atoms with van der Waals surface area (Å²) in [5.41, 5.74) is -0.277. The Morgan fingerprint density at radius 2 is 2.04 bits per heavy atom. The number of hydrogen-bond donors (Lipinski definition) is 1. The Kier molecular flexibility index (Phi) is 4.18. The summed E-state index contributed by atoms with van der Waals surface area (Å²) in [5, 5.41) is 2.66. The van der Waals surface area contributed by atoms with E-state index in [-0.39, 0.29) is 28.7 Å². The van der Waals surface area contributed by atoms with Crippen molar-refractivity contribution in [1.29, 1.82) is 0 Å². The Morgan fingerprint density at radius 3 is 2.65 bits per heavy atom. The van der Waals surface area contributed by atoms with Crippen LogP contribution < -0.4 is 5.32 Å². The van der Waals surface area contributed by atoms with Crippen molar-refractivity contribution in [2.75, 3.05) is 20.1 Å². The highest BCUT2D eigenvalue weighted by molar-refractivity contribution is 7.89. The Labute approximate surface area is 135 Å². The van der Waals surface area contributed by atoms with Crippen LogP contribution in [0, 0.1) is 17.2 Å². The fourth-order valence-corrected chi connectivity index (χ4v) is 5.59. The van der Waals surface area contributed by atoms with E-state index in [0.29, 0.717) is 6.54 Å². The van der Waals surface area contributed by atoms with E-state index in [1.165, 1.54) is 22.5 Å². The molecule has 1 saturated carbocycles. The molecule has 1 saturated heterocycles. The van der Waals surface area contributed by atoms with E-state index in [0.717, 1.165) is 31.7 Å². The van der Waals surface area contributed by atoms with Crippen LogP contribution >= 0.6 is 0 Å². The molecule has 0 aromatic heterocycles. The molecule has 1 aliphatic carbocycles. The molecule has 1 heterocycles. The predicted octanol–water partition coefficient (Wildman–Crippen LogP) is 1.75. The van der Waals surface area contributed by atoms with Gasteiger partial charge >= 0.3 is 0 Å². The average Bonchev–Trinajstić information content (AvgIpc) is 3.15. The Morgan fingerprint density at radius 1 is 1.35 bits per heavy atom. The molecule has 126 valence electrons. The van der Waals surface area contributed by atoms with Crippen LogP contribution in [0.15, 0.2) is 29.2 Å². The number of benzene rings is 1. The summed E-state index contributed by atoms with van der Waals surface area (Å²) in [6.07, 6.45) is 3.75. The first-order valence-electron chi connectivity index (χ1n) is 7.86. The summed E-state index contributed by atoms with van der Waals surface area (Å²) in [6, 6.07) is 5.03. The summed E-state index contributed by atoms with van der Waals surface area (Å²) in [4.78, 5) is 12.2. The number of halogens is 1. The smallest absolute Gasteiger partial charge is 0.243 e. The zero-order valence-corrected chi connectivity index (χ0v) is 13.9. The van der Waals surface area contributed by atoms with Gasteiger partial charge in [0.25, 0.3) is 0 Å². The van der Waals surface area contributed by atoms with Crippen LogP contribution in [0.3, 0.4) is 0 Å². The van der Waals surface area contributed by atoms with Gasteiger partial charge in [0.15, 0.2) is 0 Å². The summed E-state index contributed by atoms with van der Waals surface area (Å²) in [5.74, 6) is -1.02. The molecule has 1 aromatic rings. The first-order chi connectivity index (χ1) is 10.9. The van der Waals surface area contributed by atoms with E-state index in [2.05, 4.69) is 5.32 Å². The minimum Gasteiger partial charge on any atom is -0.359 e. The molecule has 1 aromatic carbocycles. The summed E-state index contributed by atoms with van der Waals surface area (Å²) in [6.45, 7) is 0.502. The third-order valence-electron chi connectivity index (χ3n) is 5.21. The van der Waals surface area contributed by atoms with Gasteiger partial charge in [0.1, 0.15) is 5.82 Å². The number of nitrogens with zero attached hydrogens (tertiary/aromatic N) is 1. The molecule has 5 nitrogen and oxygen atoms in total.